The lowest BCUT2D eigenvalue weighted by molar-refractivity contribution is -0.136. The van der Waals surface area contributed by atoms with Gasteiger partial charge in [0.05, 0.1) is 4.91 Å². The minimum atomic E-state index is -4.30. The van der Waals surface area contributed by atoms with Crippen molar-refractivity contribution < 1.29 is 22.5 Å². The zero-order valence-corrected chi connectivity index (χ0v) is 8.58. The lowest BCUT2D eigenvalue weighted by Crippen LogP contribution is -2.07. The molecule has 0 aromatic rings. The molecular weight excluding hydrogens is 208 g/mol. The average Bonchev–Trinajstić information content (AvgIpc) is 2.08. The summed E-state index contributed by atoms with van der Waals surface area (Å²) in [6.45, 7) is 4.81. The van der Waals surface area contributed by atoms with Gasteiger partial charge in [0.25, 0.3) is 10.1 Å². The van der Waals surface area contributed by atoms with Crippen molar-refractivity contribution >= 4 is 16.1 Å². The van der Waals surface area contributed by atoms with Gasteiger partial charge < -0.3 is 4.74 Å². The van der Waals surface area contributed by atoms with Gasteiger partial charge in [-0.2, -0.15) is 8.42 Å². The molecule has 0 aromatic carbocycles. The maximum absolute atomic E-state index is 10.9. The molecule has 0 aliphatic carbocycles. The van der Waals surface area contributed by atoms with Crippen molar-refractivity contribution in [2.24, 2.45) is 0 Å². The molecular formula is C8H12O5S. The van der Waals surface area contributed by atoms with Gasteiger partial charge in [-0.25, -0.2) is 4.79 Å². The summed E-state index contributed by atoms with van der Waals surface area (Å²) < 4.78 is 34.4. The third kappa shape index (κ3) is 4.78. The molecule has 5 nitrogen and oxygen atoms in total. The smallest absolute Gasteiger partial charge is 0.332 e. The Labute approximate surface area is 82.8 Å². The minimum Gasteiger partial charge on any atom is -0.458 e. The molecule has 0 heterocycles. The summed E-state index contributed by atoms with van der Waals surface area (Å²) in [6.07, 6.45) is 2.13. The largest absolute Gasteiger partial charge is 0.458 e. The van der Waals surface area contributed by atoms with Crippen molar-refractivity contribution in [1.82, 2.24) is 0 Å². The normalized spacial score (nSPS) is 12.3. The average molecular weight is 220 g/mol. The van der Waals surface area contributed by atoms with E-state index in [-0.39, 0.29) is 17.9 Å². The number of carbonyl (C=O) groups excluding carboxylic acids is 1. The summed E-state index contributed by atoms with van der Waals surface area (Å²) in [6, 6.07) is 0. The second kappa shape index (κ2) is 5.56. The van der Waals surface area contributed by atoms with Gasteiger partial charge >= 0.3 is 5.97 Å². The van der Waals surface area contributed by atoms with E-state index in [4.69, 9.17) is 4.55 Å². The quantitative estimate of drug-likeness (QED) is 0.322. The Bertz CT molecular complexity index is 339. The van der Waals surface area contributed by atoms with Crippen molar-refractivity contribution in [1.29, 1.82) is 0 Å². The Morgan fingerprint density at radius 2 is 2.14 bits per heavy atom. The van der Waals surface area contributed by atoms with E-state index >= 15 is 0 Å². The molecule has 0 aliphatic rings. The minimum absolute atomic E-state index is 0.00218. The molecule has 0 spiro atoms. The molecule has 80 valence electrons. The van der Waals surface area contributed by atoms with Crippen LogP contribution in [0.3, 0.4) is 0 Å². The summed E-state index contributed by atoms with van der Waals surface area (Å²) in [5.74, 6) is -0.820. The summed E-state index contributed by atoms with van der Waals surface area (Å²) in [5.41, 5.74) is 0. The molecule has 0 aromatic heterocycles. The Morgan fingerprint density at radius 3 is 2.50 bits per heavy atom. The third-order valence-electron chi connectivity index (χ3n) is 1.30. The molecule has 14 heavy (non-hydrogen) atoms. The van der Waals surface area contributed by atoms with Gasteiger partial charge in [-0.1, -0.05) is 19.6 Å². The molecule has 0 aliphatic heterocycles. The highest BCUT2D eigenvalue weighted by molar-refractivity contribution is 7.89. The Kier molecular flexibility index (Phi) is 5.11. The first-order chi connectivity index (χ1) is 6.41. The lowest BCUT2D eigenvalue weighted by atomic mass is 10.4. The molecule has 6 heteroatoms. The van der Waals surface area contributed by atoms with E-state index in [0.717, 1.165) is 6.08 Å². The fourth-order valence-electron chi connectivity index (χ4n) is 0.673. The van der Waals surface area contributed by atoms with E-state index in [0.29, 0.717) is 0 Å². The lowest BCUT2D eigenvalue weighted by Gasteiger charge is -2.00. The molecule has 0 amide bonds. The second-order valence-corrected chi connectivity index (χ2v) is 3.83. The maximum atomic E-state index is 10.9. The summed E-state index contributed by atoms with van der Waals surface area (Å²) in [5, 5.41) is 0. The highest BCUT2D eigenvalue weighted by atomic mass is 32.2. The molecule has 0 atom stereocenters. The Hall–Kier alpha value is -1.14. The first-order valence-corrected chi connectivity index (χ1v) is 5.31. The van der Waals surface area contributed by atoms with Crippen LogP contribution in [0, 0.1) is 0 Å². The number of hydrogen-bond donors (Lipinski definition) is 1. The molecule has 0 radical (unpaired) electrons. The van der Waals surface area contributed by atoms with Crippen LogP contribution in [0.2, 0.25) is 0 Å². The molecule has 0 unspecified atom stereocenters. The monoisotopic (exact) mass is 220 g/mol. The number of allylic oxidation sites excluding steroid dienone is 1. The maximum Gasteiger partial charge on any atom is 0.332 e. The van der Waals surface area contributed by atoms with Crippen molar-refractivity contribution in [3.05, 3.63) is 23.6 Å². The predicted molar refractivity (Wildman–Crippen MR) is 51.1 cm³/mol. The van der Waals surface area contributed by atoms with Gasteiger partial charge in [0.15, 0.2) is 0 Å². The number of hydrogen-bond acceptors (Lipinski definition) is 4. The van der Waals surface area contributed by atoms with Gasteiger partial charge in [-0.05, 0) is 6.42 Å². The van der Waals surface area contributed by atoms with E-state index in [1.807, 2.05) is 0 Å². The zero-order chi connectivity index (χ0) is 11.2. The highest BCUT2D eigenvalue weighted by Crippen LogP contribution is 2.08. The van der Waals surface area contributed by atoms with Crippen molar-refractivity contribution in [3.8, 4) is 0 Å². The van der Waals surface area contributed by atoms with Crippen molar-refractivity contribution in [2.75, 3.05) is 6.61 Å². The van der Waals surface area contributed by atoms with Gasteiger partial charge in [0.1, 0.15) is 6.61 Å². The van der Waals surface area contributed by atoms with Gasteiger partial charge in [0, 0.05) is 6.08 Å². The number of rotatable bonds is 5. The third-order valence-corrected chi connectivity index (χ3v) is 2.37. The Balaban J connectivity index is 4.61. The fraction of sp³-hybridized carbons (Fsp3) is 0.375. The van der Waals surface area contributed by atoms with E-state index in [1.165, 1.54) is 13.0 Å². The number of carbonyl (C=O) groups is 1. The molecule has 0 saturated carbocycles. The molecule has 0 rings (SSSR count). The molecule has 0 fully saturated rings. The highest BCUT2D eigenvalue weighted by Gasteiger charge is 2.13. The second-order valence-electron chi connectivity index (χ2n) is 2.36. The van der Waals surface area contributed by atoms with Crippen LogP contribution >= 0.6 is 0 Å². The summed E-state index contributed by atoms with van der Waals surface area (Å²) >= 11 is 0. The molecule has 0 bridgehead atoms. The van der Waals surface area contributed by atoms with E-state index in [2.05, 4.69) is 11.3 Å². The van der Waals surface area contributed by atoms with Crippen LogP contribution in [-0.2, 0) is 19.6 Å². The topological polar surface area (TPSA) is 80.7 Å². The predicted octanol–water partition coefficient (Wildman–Crippen LogP) is 0.897. The van der Waals surface area contributed by atoms with Crippen LogP contribution in [0.5, 0.6) is 0 Å². The van der Waals surface area contributed by atoms with Crippen LogP contribution in [-0.4, -0.2) is 25.5 Å². The van der Waals surface area contributed by atoms with E-state index in [9.17, 15) is 13.2 Å². The molecule has 1 N–H and O–H groups in total. The molecule has 0 saturated heterocycles. The van der Waals surface area contributed by atoms with Crippen molar-refractivity contribution in [2.45, 2.75) is 13.3 Å². The standard InChI is InChI=1S/C8H12O5S/c1-3-5-13-8(9)6-7(4-2)14(10,11)12/h3,6H,1,4-5H2,2H3,(H,10,11,12). The number of ether oxygens (including phenoxy) is 1. The van der Waals surface area contributed by atoms with Crippen LogP contribution in [0.4, 0.5) is 0 Å². The van der Waals surface area contributed by atoms with Crippen LogP contribution < -0.4 is 0 Å². The SMILES string of the molecule is C=CCOC(=O)C=C(CC)S(=O)(=O)O. The van der Waals surface area contributed by atoms with E-state index in [1.54, 1.807) is 0 Å². The first-order valence-electron chi connectivity index (χ1n) is 3.87. The number of esters is 1. The van der Waals surface area contributed by atoms with Crippen LogP contribution in [0.25, 0.3) is 0 Å². The van der Waals surface area contributed by atoms with Crippen molar-refractivity contribution in [3.63, 3.8) is 0 Å². The van der Waals surface area contributed by atoms with E-state index < -0.39 is 16.1 Å². The van der Waals surface area contributed by atoms with Gasteiger partial charge in [-0.3, -0.25) is 4.55 Å². The fourth-order valence-corrected chi connectivity index (χ4v) is 1.28. The summed E-state index contributed by atoms with van der Waals surface area (Å²) in [4.78, 5) is 10.5. The Morgan fingerprint density at radius 1 is 1.57 bits per heavy atom. The van der Waals surface area contributed by atoms with Crippen LogP contribution in [0.15, 0.2) is 23.6 Å². The van der Waals surface area contributed by atoms with Gasteiger partial charge in [0.2, 0.25) is 0 Å². The van der Waals surface area contributed by atoms with Crippen LogP contribution in [0.1, 0.15) is 13.3 Å². The zero-order valence-electron chi connectivity index (χ0n) is 7.76. The van der Waals surface area contributed by atoms with Gasteiger partial charge in [-0.15, -0.1) is 0 Å². The first kappa shape index (κ1) is 12.9. The summed E-state index contributed by atoms with van der Waals surface area (Å²) in [7, 11) is -4.30.